The number of carbonyl (C=O) groups excluding carboxylic acids is 3. The van der Waals surface area contributed by atoms with Crippen molar-refractivity contribution >= 4 is 46.9 Å². The van der Waals surface area contributed by atoms with Crippen molar-refractivity contribution < 1.29 is 23.9 Å². The van der Waals surface area contributed by atoms with Crippen LogP contribution in [0.15, 0.2) is 114 Å². The molecule has 1 unspecified atom stereocenters. The molecule has 0 saturated heterocycles. The second kappa shape index (κ2) is 14.6. The van der Waals surface area contributed by atoms with Crippen molar-refractivity contribution in [2.45, 2.75) is 17.1 Å². The van der Waals surface area contributed by atoms with Crippen LogP contribution in [0.2, 0.25) is 0 Å². The summed E-state index contributed by atoms with van der Waals surface area (Å²) in [4.78, 5) is 40.0. The molecule has 0 radical (unpaired) electrons. The average Bonchev–Trinajstić information content (AvgIpc) is 3.01. The van der Waals surface area contributed by atoms with Crippen LogP contribution in [0.5, 0.6) is 11.5 Å². The van der Waals surface area contributed by atoms with Gasteiger partial charge in [0.1, 0.15) is 17.2 Å². The molecule has 0 aromatic heterocycles. The first kappa shape index (κ1) is 30.0. The van der Waals surface area contributed by atoms with Crippen LogP contribution in [0.1, 0.15) is 22.8 Å². The summed E-state index contributed by atoms with van der Waals surface area (Å²) in [5, 5.41) is 8.02. The van der Waals surface area contributed by atoms with Crippen LogP contribution in [0.4, 0.5) is 11.4 Å². The van der Waals surface area contributed by atoms with Crippen molar-refractivity contribution in [3.63, 3.8) is 0 Å². The van der Waals surface area contributed by atoms with Crippen molar-refractivity contribution in [3.8, 4) is 11.5 Å². The summed E-state index contributed by atoms with van der Waals surface area (Å²) in [5.41, 5.74) is 2.30. The van der Waals surface area contributed by atoms with Crippen molar-refractivity contribution in [2.24, 2.45) is 0 Å². The van der Waals surface area contributed by atoms with Gasteiger partial charge < -0.3 is 25.4 Å². The molecule has 0 fully saturated rings. The van der Waals surface area contributed by atoms with Crippen molar-refractivity contribution in [3.05, 3.63) is 120 Å². The number of methoxy groups -OCH3 is 2. The van der Waals surface area contributed by atoms with E-state index in [4.69, 9.17) is 9.47 Å². The number of ether oxygens (including phenoxy) is 2. The SMILES string of the molecule is COc1ccc(OC)c(NC(=O)C(C)Sc2cccc(NC(=O)/C(=C/c3ccccc3)NC(=O)c3ccccc3)c2)c1. The molecule has 0 aliphatic carbocycles. The van der Waals surface area contributed by atoms with Crippen LogP contribution in [0.25, 0.3) is 6.08 Å². The molecular formula is C33H31N3O5S. The standard InChI is InChI=1S/C33H31N3O5S/c1-22(31(37)35-28-21-26(40-2)17-18-30(28)41-3)42-27-16-10-15-25(20-27)34-33(39)29(19-23-11-6-4-7-12-23)36-32(38)24-13-8-5-9-14-24/h4-22H,1-3H3,(H,34,39)(H,35,37)(H,36,38)/b29-19-. The third kappa shape index (κ3) is 8.25. The second-order valence-corrected chi connectivity index (χ2v) is 10.5. The molecule has 8 nitrogen and oxygen atoms in total. The van der Waals surface area contributed by atoms with Gasteiger partial charge >= 0.3 is 0 Å². The lowest BCUT2D eigenvalue weighted by molar-refractivity contribution is -0.115. The maximum absolute atomic E-state index is 13.4. The summed E-state index contributed by atoms with van der Waals surface area (Å²) in [6, 6.07) is 30.3. The second-order valence-electron chi connectivity index (χ2n) is 9.09. The van der Waals surface area contributed by atoms with E-state index in [1.807, 2.05) is 42.5 Å². The first-order valence-corrected chi connectivity index (χ1v) is 14.0. The normalized spacial score (nSPS) is 11.6. The van der Waals surface area contributed by atoms with Crippen LogP contribution in [0, 0.1) is 0 Å². The molecule has 3 N–H and O–H groups in total. The van der Waals surface area contributed by atoms with E-state index in [9.17, 15) is 14.4 Å². The number of anilines is 2. The molecule has 1 atom stereocenters. The topological polar surface area (TPSA) is 106 Å². The fourth-order valence-corrected chi connectivity index (χ4v) is 4.83. The highest BCUT2D eigenvalue weighted by Crippen LogP contribution is 2.31. The summed E-state index contributed by atoms with van der Waals surface area (Å²) in [7, 11) is 3.08. The highest BCUT2D eigenvalue weighted by molar-refractivity contribution is 8.00. The quantitative estimate of drug-likeness (QED) is 0.143. The molecule has 42 heavy (non-hydrogen) atoms. The summed E-state index contributed by atoms with van der Waals surface area (Å²) >= 11 is 1.33. The lowest BCUT2D eigenvalue weighted by atomic mass is 10.1. The molecule has 0 bridgehead atoms. The Balaban J connectivity index is 1.46. The molecule has 0 spiro atoms. The maximum Gasteiger partial charge on any atom is 0.272 e. The number of rotatable bonds is 11. The predicted octanol–water partition coefficient (Wildman–Crippen LogP) is 6.23. The molecule has 3 amide bonds. The van der Waals surface area contributed by atoms with Crippen LogP contribution in [-0.2, 0) is 9.59 Å². The van der Waals surface area contributed by atoms with Crippen LogP contribution < -0.4 is 25.4 Å². The van der Waals surface area contributed by atoms with Gasteiger partial charge in [0.25, 0.3) is 11.8 Å². The zero-order chi connectivity index (χ0) is 29.9. The van der Waals surface area contributed by atoms with Gasteiger partial charge in [0, 0.05) is 22.2 Å². The van der Waals surface area contributed by atoms with E-state index in [-0.39, 0.29) is 11.6 Å². The van der Waals surface area contributed by atoms with Crippen molar-refractivity contribution in [1.29, 1.82) is 0 Å². The number of carbonyl (C=O) groups is 3. The van der Waals surface area contributed by atoms with Crippen molar-refractivity contribution in [1.82, 2.24) is 5.32 Å². The van der Waals surface area contributed by atoms with E-state index in [1.165, 1.54) is 18.9 Å². The van der Waals surface area contributed by atoms with Gasteiger partial charge in [0.05, 0.1) is 25.2 Å². The minimum Gasteiger partial charge on any atom is -0.497 e. The van der Waals surface area contributed by atoms with Gasteiger partial charge in [0.2, 0.25) is 5.91 Å². The zero-order valence-electron chi connectivity index (χ0n) is 23.4. The summed E-state index contributed by atoms with van der Waals surface area (Å²) in [6.07, 6.45) is 1.62. The Morgan fingerprint density at radius 3 is 2.19 bits per heavy atom. The van der Waals surface area contributed by atoms with Gasteiger partial charge in [-0.2, -0.15) is 0 Å². The lowest BCUT2D eigenvalue weighted by Gasteiger charge is -2.16. The third-order valence-electron chi connectivity index (χ3n) is 6.08. The molecule has 0 aliphatic heterocycles. The fraction of sp³-hybridized carbons (Fsp3) is 0.121. The molecular weight excluding hydrogens is 550 g/mol. The van der Waals surface area contributed by atoms with E-state index >= 15 is 0 Å². The van der Waals surface area contributed by atoms with E-state index in [2.05, 4.69) is 16.0 Å². The molecule has 4 rings (SSSR count). The summed E-state index contributed by atoms with van der Waals surface area (Å²) in [6.45, 7) is 1.79. The van der Waals surface area contributed by atoms with Gasteiger partial charge in [0.15, 0.2) is 0 Å². The molecule has 4 aromatic carbocycles. The largest absolute Gasteiger partial charge is 0.497 e. The van der Waals surface area contributed by atoms with E-state index in [0.717, 1.165) is 10.5 Å². The van der Waals surface area contributed by atoms with Gasteiger partial charge in [-0.15, -0.1) is 11.8 Å². The van der Waals surface area contributed by atoms with Gasteiger partial charge in [-0.05, 0) is 61.0 Å². The first-order chi connectivity index (χ1) is 20.4. The van der Waals surface area contributed by atoms with Gasteiger partial charge in [-0.3, -0.25) is 14.4 Å². The Kier molecular flexibility index (Phi) is 10.4. The minimum absolute atomic E-state index is 0.0908. The maximum atomic E-state index is 13.4. The Hall–Kier alpha value is -5.02. The summed E-state index contributed by atoms with van der Waals surface area (Å²) < 4.78 is 10.6. The van der Waals surface area contributed by atoms with E-state index in [1.54, 1.807) is 80.8 Å². The molecule has 9 heteroatoms. The number of hydrogen-bond donors (Lipinski definition) is 3. The zero-order valence-corrected chi connectivity index (χ0v) is 24.2. The summed E-state index contributed by atoms with van der Waals surface area (Å²) in [5.74, 6) is 0.00361. The first-order valence-electron chi connectivity index (χ1n) is 13.1. The van der Waals surface area contributed by atoms with Gasteiger partial charge in [-0.1, -0.05) is 54.6 Å². The fourth-order valence-electron chi connectivity index (χ4n) is 3.91. The highest BCUT2D eigenvalue weighted by Gasteiger charge is 2.19. The van der Waals surface area contributed by atoms with Crippen molar-refractivity contribution in [2.75, 3.05) is 24.9 Å². The van der Waals surface area contributed by atoms with Crippen LogP contribution >= 0.6 is 11.8 Å². The number of benzene rings is 4. The molecule has 0 saturated carbocycles. The number of nitrogens with one attached hydrogen (secondary N) is 3. The Bertz CT molecular complexity index is 1580. The predicted molar refractivity (Wildman–Crippen MR) is 167 cm³/mol. The number of amides is 3. The number of thioether (sulfide) groups is 1. The average molecular weight is 582 g/mol. The molecule has 0 heterocycles. The van der Waals surface area contributed by atoms with Gasteiger partial charge in [-0.25, -0.2) is 0 Å². The van der Waals surface area contributed by atoms with Crippen LogP contribution in [-0.4, -0.2) is 37.2 Å². The molecule has 214 valence electrons. The smallest absolute Gasteiger partial charge is 0.272 e. The Morgan fingerprint density at radius 1 is 0.786 bits per heavy atom. The Labute approximate surface area is 249 Å². The third-order valence-corrected chi connectivity index (χ3v) is 7.17. The highest BCUT2D eigenvalue weighted by atomic mass is 32.2. The van der Waals surface area contributed by atoms with Crippen LogP contribution in [0.3, 0.4) is 0 Å². The lowest BCUT2D eigenvalue weighted by Crippen LogP contribution is -2.30. The molecule has 4 aromatic rings. The van der Waals surface area contributed by atoms with E-state index < -0.39 is 17.1 Å². The monoisotopic (exact) mass is 581 g/mol. The minimum atomic E-state index is -0.485. The molecule has 0 aliphatic rings. The van der Waals surface area contributed by atoms with E-state index in [0.29, 0.717) is 28.4 Å². The number of hydrogen-bond acceptors (Lipinski definition) is 6. The Morgan fingerprint density at radius 2 is 1.50 bits per heavy atom.